The van der Waals surface area contributed by atoms with E-state index in [-0.39, 0.29) is 31.5 Å². The standard InChI is InChI=1S/C16H18N2O4.ClH/c1-17-9-15(19)18-13-7-8-14(22-10-16(20)21-2)12-6-4-3-5-11(12)13;/h3-8,17H,9-10H2,1-2H3,(H,18,19);1H. The topological polar surface area (TPSA) is 76.7 Å². The van der Waals surface area contributed by atoms with E-state index in [9.17, 15) is 9.59 Å². The fraction of sp³-hybridized carbons (Fsp3) is 0.250. The zero-order chi connectivity index (χ0) is 15.9. The second-order valence-electron chi connectivity index (χ2n) is 4.60. The monoisotopic (exact) mass is 338 g/mol. The molecule has 0 aliphatic heterocycles. The maximum absolute atomic E-state index is 11.7. The van der Waals surface area contributed by atoms with E-state index in [1.165, 1.54) is 7.11 Å². The van der Waals surface area contributed by atoms with Crippen LogP contribution in [0.5, 0.6) is 5.75 Å². The molecule has 6 nitrogen and oxygen atoms in total. The lowest BCUT2D eigenvalue weighted by atomic mass is 10.1. The van der Waals surface area contributed by atoms with Crippen LogP contribution in [0.1, 0.15) is 0 Å². The van der Waals surface area contributed by atoms with Crippen molar-refractivity contribution in [3.63, 3.8) is 0 Å². The zero-order valence-corrected chi connectivity index (χ0v) is 13.7. The lowest BCUT2D eigenvalue weighted by Gasteiger charge is -2.13. The van der Waals surface area contributed by atoms with Crippen molar-refractivity contribution in [2.45, 2.75) is 0 Å². The summed E-state index contributed by atoms with van der Waals surface area (Å²) in [4.78, 5) is 22.9. The van der Waals surface area contributed by atoms with Crippen LogP contribution in [0, 0.1) is 0 Å². The van der Waals surface area contributed by atoms with Gasteiger partial charge in [0.2, 0.25) is 5.91 Å². The van der Waals surface area contributed by atoms with Crippen molar-refractivity contribution < 1.29 is 19.1 Å². The van der Waals surface area contributed by atoms with Crippen LogP contribution in [0.15, 0.2) is 36.4 Å². The summed E-state index contributed by atoms with van der Waals surface area (Å²) in [5.74, 6) is -0.0148. The fourth-order valence-electron chi connectivity index (χ4n) is 2.06. The number of nitrogens with one attached hydrogen (secondary N) is 2. The molecule has 124 valence electrons. The predicted octanol–water partition coefficient (Wildman–Crippen LogP) is 1.97. The van der Waals surface area contributed by atoms with Gasteiger partial charge in [0.25, 0.3) is 0 Å². The van der Waals surface area contributed by atoms with Crippen LogP contribution in [0.4, 0.5) is 5.69 Å². The van der Waals surface area contributed by atoms with Crippen LogP contribution in [0.3, 0.4) is 0 Å². The minimum atomic E-state index is -0.449. The quantitative estimate of drug-likeness (QED) is 0.787. The lowest BCUT2D eigenvalue weighted by molar-refractivity contribution is -0.142. The van der Waals surface area contributed by atoms with E-state index in [0.717, 1.165) is 10.8 Å². The Hall–Kier alpha value is -2.31. The number of halogens is 1. The molecule has 0 saturated carbocycles. The summed E-state index contributed by atoms with van der Waals surface area (Å²) in [5, 5.41) is 7.29. The van der Waals surface area contributed by atoms with Crippen LogP contribution in [0.2, 0.25) is 0 Å². The van der Waals surface area contributed by atoms with Gasteiger partial charge in [-0.25, -0.2) is 4.79 Å². The molecular weight excluding hydrogens is 320 g/mol. The molecule has 0 aliphatic carbocycles. The highest BCUT2D eigenvalue weighted by Crippen LogP contribution is 2.31. The number of carbonyl (C=O) groups excluding carboxylic acids is 2. The molecular formula is C16H19ClN2O4. The number of rotatable bonds is 6. The number of hydrogen-bond donors (Lipinski definition) is 2. The Morgan fingerprint density at radius 1 is 1.09 bits per heavy atom. The Morgan fingerprint density at radius 3 is 2.43 bits per heavy atom. The Morgan fingerprint density at radius 2 is 1.78 bits per heavy atom. The Labute approximate surface area is 140 Å². The molecule has 0 atom stereocenters. The van der Waals surface area contributed by atoms with Gasteiger partial charge in [-0.05, 0) is 19.2 Å². The van der Waals surface area contributed by atoms with Crippen molar-refractivity contribution in [2.75, 3.05) is 32.6 Å². The largest absolute Gasteiger partial charge is 0.481 e. The maximum atomic E-state index is 11.7. The first-order chi connectivity index (χ1) is 10.7. The zero-order valence-electron chi connectivity index (χ0n) is 12.9. The minimum Gasteiger partial charge on any atom is -0.481 e. The summed E-state index contributed by atoms with van der Waals surface area (Å²) in [6, 6.07) is 11.0. The highest BCUT2D eigenvalue weighted by Gasteiger charge is 2.10. The molecule has 0 heterocycles. The summed E-state index contributed by atoms with van der Waals surface area (Å²) in [7, 11) is 3.02. The number of likely N-dealkylation sites (N-methyl/N-ethyl adjacent to an activating group) is 1. The van der Waals surface area contributed by atoms with E-state index >= 15 is 0 Å². The molecule has 0 aromatic heterocycles. The van der Waals surface area contributed by atoms with Gasteiger partial charge in [0, 0.05) is 16.5 Å². The van der Waals surface area contributed by atoms with E-state index in [1.54, 1.807) is 19.2 Å². The van der Waals surface area contributed by atoms with Crippen LogP contribution < -0.4 is 15.4 Å². The molecule has 7 heteroatoms. The van der Waals surface area contributed by atoms with Crippen molar-refractivity contribution in [1.29, 1.82) is 0 Å². The highest BCUT2D eigenvalue weighted by atomic mass is 35.5. The SMILES string of the molecule is CNCC(=O)Nc1ccc(OCC(=O)OC)c2ccccc12.Cl. The molecule has 2 N–H and O–H groups in total. The summed E-state index contributed by atoms with van der Waals surface area (Å²) in [6.07, 6.45) is 0. The number of esters is 1. The van der Waals surface area contributed by atoms with Crippen molar-refractivity contribution in [1.82, 2.24) is 5.32 Å². The number of hydrogen-bond acceptors (Lipinski definition) is 5. The van der Waals surface area contributed by atoms with Gasteiger partial charge in [-0.15, -0.1) is 12.4 Å². The van der Waals surface area contributed by atoms with Gasteiger partial charge in [0.15, 0.2) is 6.61 Å². The van der Waals surface area contributed by atoms with E-state index in [2.05, 4.69) is 15.4 Å². The normalized spacial score (nSPS) is 9.83. The number of carbonyl (C=O) groups is 2. The van der Waals surface area contributed by atoms with Crippen molar-refractivity contribution in [2.24, 2.45) is 0 Å². The van der Waals surface area contributed by atoms with Crippen LogP contribution in [-0.4, -0.2) is 39.2 Å². The highest BCUT2D eigenvalue weighted by molar-refractivity contribution is 6.04. The molecule has 0 aliphatic rings. The van der Waals surface area contributed by atoms with Gasteiger partial charge < -0.3 is 20.1 Å². The molecule has 0 fully saturated rings. The van der Waals surface area contributed by atoms with E-state index in [4.69, 9.17) is 4.74 Å². The number of anilines is 1. The number of methoxy groups -OCH3 is 1. The van der Waals surface area contributed by atoms with Crippen molar-refractivity contribution in [3.8, 4) is 5.75 Å². The Bertz CT molecular complexity index is 691. The maximum Gasteiger partial charge on any atom is 0.343 e. The lowest BCUT2D eigenvalue weighted by Crippen LogP contribution is -2.25. The summed E-state index contributed by atoms with van der Waals surface area (Å²) in [6.45, 7) is 0.0703. The molecule has 1 amide bonds. The van der Waals surface area contributed by atoms with E-state index in [1.807, 2.05) is 24.3 Å². The Balaban J connectivity index is 0.00000264. The molecule has 0 unspecified atom stereocenters. The summed E-state index contributed by atoms with van der Waals surface area (Å²) in [5.41, 5.74) is 0.696. The molecule has 0 radical (unpaired) electrons. The number of amides is 1. The first-order valence-electron chi connectivity index (χ1n) is 6.81. The second kappa shape index (κ2) is 8.97. The molecule has 2 rings (SSSR count). The van der Waals surface area contributed by atoms with Gasteiger partial charge in [0.1, 0.15) is 5.75 Å². The van der Waals surface area contributed by atoms with Gasteiger partial charge in [0.05, 0.1) is 13.7 Å². The number of fused-ring (bicyclic) bond motifs is 1. The predicted molar refractivity (Wildman–Crippen MR) is 91.3 cm³/mol. The molecule has 0 spiro atoms. The van der Waals surface area contributed by atoms with Crippen molar-refractivity contribution in [3.05, 3.63) is 36.4 Å². The molecule has 0 bridgehead atoms. The average molecular weight is 339 g/mol. The molecule has 23 heavy (non-hydrogen) atoms. The third-order valence-corrected chi connectivity index (χ3v) is 3.07. The van der Waals surface area contributed by atoms with Crippen LogP contribution in [0.25, 0.3) is 10.8 Å². The summed E-state index contributed by atoms with van der Waals surface area (Å²) < 4.78 is 10.0. The van der Waals surface area contributed by atoms with Crippen molar-refractivity contribution >= 4 is 40.7 Å². The Kier molecular flexibility index (Phi) is 7.31. The van der Waals surface area contributed by atoms with Crippen LogP contribution >= 0.6 is 12.4 Å². The molecule has 2 aromatic carbocycles. The second-order valence-corrected chi connectivity index (χ2v) is 4.60. The first kappa shape index (κ1) is 18.7. The van der Waals surface area contributed by atoms with Gasteiger partial charge >= 0.3 is 5.97 Å². The average Bonchev–Trinajstić information content (AvgIpc) is 2.54. The third-order valence-electron chi connectivity index (χ3n) is 3.07. The number of benzene rings is 2. The first-order valence-corrected chi connectivity index (χ1v) is 6.81. The fourth-order valence-corrected chi connectivity index (χ4v) is 2.06. The van der Waals surface area contributed by atoms with Gasteiger partial charge in [-0.2, -0.15) is 0 Å². The third kappa shape index (κ3) is 4.84. The molecule has 2 aromatic rings. The van der Waals surface area contributed by atoms with Crippen LogP contribution in [-0.2, 0) is 14.3 Å². The molecule has 0 saturated heterocycles. The number of ether oxygens (including phenoxy) is 2. The smallest absolute Gasteiger partial charge is 0.343 e. The van der Waals surface area contributed by atoms with E-state index < -0.39 is 5.97 Å². The minimum absolute atomic E-state index is 0. The van der Waals surface area contributed by atoms with E-state index in [0.29, 0.717) is 11.4 Å². The van der Waals surface area contributed by atoms with Gasteiger partial charge in [-0.3, -0.25) is 4.79 Å². The van der Waals surface area contributed by atoms with Gasteiger partial charge in [-0.1, -0.05) is 24.3 Å². The summed E-state index contributed by atoms with van der Waals surface area (Å²) >= 11 is 0.